The van der Waals surface area contributed by atoms with E-state index in [1.165, 1.54) is 99.5 Å². The summed E-state index contributed by atoms with van der Waals surface area (Å²) in [5.74, 6) is 9.15. The molecule has 73 heavy (non-hydrogen) atoms. The van der Waals surface area contributed by atoms with Crippen LogP contribution in [0, 0.1) is 111 Å². The summed E-state index contributed by atoms with van der Waals surface area (Å²) in [5, 5.41) is 35.9. The normalized spacial score (nSPS) is 10.4. The molecule has 0 amide bonds. The van der Waals surface area contributed by atoms with E-state index in [0.29, 0.717) is 10.9 Å². The third-order valence-electron chi connectivity index (χ3n) is 13.5. The molecule has 9 heteroatoms. The maximum Gasteiger partial charge on any atom is 0.488 e. The monoisotopic (exact) mass is 1070 g/mol. The second-order valence-corrected chi connectivity index (χ2v) is 20.9. The van der Waals surface area contributed by atoms with E-state index in [9.17, 15) is 10.0 Å². The van der Waals surface area contributed by atoms with Crippen LogP contribution in [0.5, 0.6) is 0 Å². The first-order chi connectivity index (χ1) is 34.6. The highest BCUT2D eigenvalue weighted by atomic mass is 127. The van der Waals surface area contributed by atoms with Gasteiger partial charge in [0.15, 0.2) is 0 Å². The van der Waals surface area contributed by atoms with Crippen LogP contribution >= 0.6 is 22.6 Å². The summed E-state index contributed by atoms with van der Waals surface area (Å²) in [4.78, 5) is 0. The van der Waals surface area contributed by atoms with E-state index in [1.807, 2.05) is 12.1 Å². The van der Waals surface area contributed by atoms with E-state index in [2.05, 4.69) is 220 Å². The molecule has 0 fully saturated rings. The van der Waals surface area contributed by atoms with Gasteiger partial charge in [0.1, 0.15) is 0 Å². The molecule has 0 unspecified atom stereocenters. The van der Waals surface area contributed by atoms with Crippen molar-refractivity contribution >= 4 is 94.0 Å². The summed E-state index contributed by atoms with van der Waals surface area (Å²) in [5.41, 5.74) is 27.6. The average Bonchev–Trinajstić information content (AvgIpc) is 3.32. The lowest BCUT2D eigenvalue weighted by molar-refractivity contribution is 0.424. The fourth-order valence-electron chi connectivity index (χ4n) is 10.6. The molecular weight excluding hydrogens is 1000 g/mol. The van der Waals surface area contributed by atoms with E-state index in [0.717, 1.165) is 20.3 Å². The molecular formula is C64H65B4IO4. The van der Waals surface area contributed by atoms with Crippen LogP contribution in [-0.2, 0) is 0 Å². The predicted octanol–water partition coefficient (Wildman–Crippen LogP) is 7.14. The van der Waals surface area contributed by atoms with Gasteiger partial charge in [-0.3, -0.25) is 0 Å². The van der Waals surface area contributed by atoms with E-state index in [-0.39, 0.29) is 13.4 Å². The van der Waals surface area contributed by atoms with Gasteiger partial charge in [-0.15, -0.1) is 6.42 Å². The Morgan fingerprint density at radius 1 is 0.329 bits per heavy atom. The summed E-state index contributed by atoms with van der Waals surface area (Å²) in [6.45, 7) is 26.8. The Hall–Kier alpha value is -6.29. The first kappa shape index (κ1) is 56.0. The summed E-state index contributed by atoms with van der Waals surface area (Å²) in [7, 11) is -2.81. The number of halogens is 1. The molecule has 0 radical (unpaired) electrons. The van der Waals surface area contributed by atoms with Gasteiger partial charge in [0.2, 0.25) is 13.4 Å². The van der Waals surface area contributed by atoms with Gasteiger partial charge in [0, 0.05) is 20.3 Å². The van der Waals surface area contributed by atoms with Crippen molar-refractivity contribution in [1.29, 1.82) is 0 Å². The largest absolute Gasteiger partial charge is 0.488 e. The number of aryl methyl sites for hydroxylation is 12. The Morgan fingerprint density at radius 2 is 0.548 bits per heavy atom. The SMILES string of the molecule is C#Cc1ccc(B(c2c(C)cc(C)cc2C)c2c(C)cc(C)cc2C)cc1.Cc1cc(C)c(B(c2ccc(C#Cc3ccc(B(O)O)cc3)cc2)c2c(C)cc(C)cc2C)c(C)c1.OB(O)c1ccc(I)cc1. The fraction of sp³-hybridized carbons (Fsp3) is 0.188. The molecule has 4 nitrogen and oxygen atoms in total. The van der Waals surface area contributed by atoms with E-state index in [4.69, 9.17) is 16.5 Å². The number of rotatable bonds is 8. The molecule has 0 aliphatic rings. The van der Waals surface area contributed by atoms with Gasteiger partial charge in [0.25, 0.3) is 0 Å². The van der Waals surface area contributed by atoms with Crippen molar-refractivity contribution in [1.82, 2.24) is 0 Å². The van der Waals surface area contributed by atoms with Crippen LogP contribution < -0.4 is 43.7 Å². The Kier molecular flexibility index (Phi) is 19.3. The van der Waals surface area contributed by atoms with Crippen molar-refractivity contribution in [2.75, 3.05) is 0 Å². The molecule has 0 spiro atoms. The van der Waals surface area contributed by atoms with Gasteiger partial charge in [-0.1, -0.05) is 214 Å². The maximum atomic E-state index is 9.27. The zero-order valence-electron chi connectivity index (χ0n) is 44.4. The fourth-order valence-corrected chi connectivity index (χ4v) is 10.9. The van der Waals surface area contributed by atoms with Gasteiger partial charge in [0.05, 0.1) is 0 Å². The molecule has 0 atom stereocenters. The van der Waals surface area contributed by atoms with Gasteiger partial charge >= 0.3 is 14.2 Å². The Balaban J connectivity index is 0.000000205. The minimum Gasteiger partial charge on any atom is -0.423 e. The van der Waals surface area contributed by atoms with E-state index < -0.39 is 14.2 Å². The molecule has 4 N–H and O–H groups in total. The van der Waals surface area contributed by atoms with Gasteiger partial charge in [-0.25, -0.2) is 0 Å². The topological polar surface area (TPSA) is 80.9 Å². The minimum atomic E-state index is -1.46. The molecule has 0 saturated carbocycles. The Labute approximate surface area is 451 Å². The lowest BCUT2D eigenvalue weighted by Crippen LogP contribution is -2.55. The van der Waals surface area contributed by atoms with E-state index >= 15 is 0 Å². The van der Waals surface area contributed by atoms with Crippen LogP contribution in [0.3, 0.4) is 0 Å². The van der Waals surface area contributed by atoms with Crippen molar-refractivity contribution in [3.63, 3.8) is 0 Å². The van der Waals surface area contributed by atoms with Crippen LogP contribution in [-0.4, -0.2) is 47.8 Å². The maximum absolute atomic E-state index is 9.27. The second kappa shape index (κ2) is 25.1. The Morgan fingerprint density at radius 3 is 0.781 bits per heavy atom. The molecule has 364 valence electrons. The van der Waals surface area contributed by atoms with Gasteiger partial charge in [-0.2, -0.15) is 0 Å². The highest BCUT2D eigenvalue weighted by Gasteiger charge is 2.30. The number of benzene rings is 8. The standard InChI is InChI=1S/C32H32B2O2.C26H27B.C6H6BIO2/c1-21-17-23(3)31(24(4)18-21)33(32-25(5)19-22(2)20-26(32)6)29-13-9-27(10-14-29)7-8-28-11-15-30(16-12-28)34(35)36;1-8-23-9-11-24(12-10-23)27(25-19(4)13-17(2)14-20(25)5)26-21(6)15-18(3)16-22(26)7;8-6-3-1-5(2-4-6)7(9)10/h9-20,35-36H,1-6H3;1,9-16H,2-7H3;1-4,9-10H. The highest BCUT2D eigenvalue weighted by Crippen LogP contribution is 2.16. The number of hydrogen-bond donors (Lipinski definition) is 4. The third-order valence-corrected chi connectivity index (χ3v) is 14.2. The molecule has 8 rings (SSSR count). The molecule has 0 saturated heterocycles. The first-order valence-corrected chi connectivity index (χ1v) is 25.8. The first-order valence-electron chi connectivity index (χ1n) is 24.7. The smallest absolute Gasteiger partial charge is 0.423 e. The van der Waals surface area contributed by atoms with Crippen molar-refractivity contribution in [3.8, 4) is 24.2 Å². The summed E-state index contributed by atoms with van der Waals surface area (Å²) in [6, 6.07) is 49.4. The quantitative estimate of drug-likeness (QED) is 0.0743. The number of terminal acetylenes is 1. The molecule has 0 aromatic heterocycles. The van der Waals surface area contributed by atoms with Crippen molar-refractivity contribution in [3.05, 3.63) is 233 Å². The summed E-state index contributed by atoms with van der Waals surface area (Å²) >= 11 is 2.16. The second-order valence-electron chi connectivity index (χ2n) is 19.7. The average molecular weight is 1070 g/mol. The lowest BCUT2D eigenvalue weighted by Gasteiger charge is -2.24. The van der Waals surface area contributed by atoms with Crippen LogP contribution in [0.4, 0.5) is 0 Å². The van der Waals surface area contributed by atoms with Crippen LogP contribution in [0.15, 0.2) is 146 Å². The van der Waals surface area contributed by atoms with E-state index in [1.54, 1.807) is 36.4 Å². The van der Waals surface area contributed by atoms with Crippen LogP contribution in [0.1, 0.15) is 83.5 Å². The zero-order chi connectivity index (χ0) is 53.3. The summed E-state index contributed by atoms with van der Waals surface area (Å²) in [6.07, 6.45) is 5.58. The molecule has 0 bridgehead atoms. The number of hydrogen-bond acceptors (Lipinski definition) is 4. The molecule has 0 aliphatic carbocycles. The van der Waals surface area contributed by atoms with Crippen molar-refractivity contribution in [2.45, 2.75) is 83.1 Å². The predicted molar refractivity (Wildman–Crippen MR) is 324 cm³/mol. The van der Waals surface area contributed by atoms with Gasteiger partial charge < -0.3 is 20.1 Å². The van der Waals surface area contributed by atoms with Gasteiger partial charge in [-0.05, 0) is 165 Å². The molecule has 0 aliphatic heterocycles. The van der Waals surface area contributed by atoms with Crippen molar-refractivity contribution < 1.29 is 20.1 Å². The zero-order valence-corrected chi connectivity index (χ0v) is 46.6. The molecule has 8 aromatic rings. The lowest BCUT2D eigenvalue weighted by atomic mass is 9.34. The highest BCUT2D eigenvalue weighted by molar-refractivity contribution is 14.1. The van der Waals surface area contributed by atoms with Crippen molar-refractivity contribution in [2.24, 2.45) is 0 Å². The third kappa shape index (κ3) is 14.3. The van der Waals surface area contributed by atoms with Crippen LogP contribution in [0.25, 0.3) is 0 Å². The molecule has 8 aromatic carbocycles. The minimum absolute atomic E-state index is 0.144. The Bertz CT molecular complexity index is 3120. The molecule has 0 heterocycles. The summed E-state index contributed by atoms with van der Waals surface area (Å²) < 4.78 is 1.09. The van der Waals surface area contributed by atoms with Crippen LogP contribution in [0.2, 0.25) is 0 Å².